The van der Waals surface area contributed by atoms with Crippen LogP contribution in [0.1, 0.15) is 55.7 Å². The first-order valence-corrected chi connectivity index (χ1v) is 14.7. The number of ether oxygens (including phenoxy) is 1. The molecule has 3 rings (SSSR count). The molecule has 8 nitrogen and oxygen atoms in total. The van der Waals surface area contributed by atoms with Crippen LogP contribution in [0, 0.1) is 13.8 Å². The molecule has 0 aliphatic heterocycles. The minimum absolute atomic E-state index is 0.110. The van der Waals surface area contributed by atoms with Gasteiger partial charge in [0.2, 0.25) is 21.8 Å². The van der Waals surface area contributed by atoms with Gasteiger partial charge in [0.05, 0.1) is 19.1 Å². The Labute approximate surface area is 221 Å². The minimum atomic E-state index is -3.77. The van der Waals surface area contributed by atoms with Crippen LogP contribution in [-0.4, -0.2) is 57.1 Å². The molecule has 2 amide bonds. The molecule has 1 aliphatic carbocycles. The maximum atomic E-state index is 13.8. The van der Waals surface area contributed by atoms with Crippen molar-refractivity contribution in [1.29, 1.82) is 0 Å². The average Bonchev–Trinajstić information content (AvgIpc) is 3.36. The topological polar surface area (TPSA) is 96.0 Å². The molecule has 1 unspecified atom stereocenters. The van der Waals surface area contributed by atoms with Crippen LogP contribution in [0.5, 0.6) is 5.75 Å². The van der Waals surface area contributed by atoms with Gasteiger partial charge in [-0.05, 0) is 74.1 Å². The third kappa shape index (κ3) is 7.47. The van der Waals surface area contributed by atoms with Crippen LogP contribution in [0.2, 0.25) is 0 Å². The van der Waals surface area contributed by atoms with E-state index in [-0.39, 0.29) is 18.5 Å². The molecule has 9 heteroatoms. The van der Waals surface area contributed by atoms with Crippen molar-refractivity contribution < 1.29 is 22.7 Å². The molecule has 0 aromatic heterocycles. The Kier molecular flexibility index (Phi) is 9.59. The van der Waals surface area contributed by atoms with Crippen LogP contribution in [0.4, 0.5) is 5.69 Å². The van der Waals surface area contributed by atoms with Gasteiger partial charge in [0.1, 0.15) is 18.3 Å². The summed E-state index contributed by atoms with van der Waals surface area (Å²) in [6.45, 7) is 5.45. The fourth-order valence-electron chi connectivity index (χ4n) is 4.75. The van der Waals surface area contributed by atoms with Crippen molar-refractivity contribution in [3.63, 3.8) is 0 Å². The third-order valence-electron chi connectivity index (χ3n) is 7.03. The Morgan fingerprint density at radius 3 is 2.38 bits per heavy atom. The molecule has 1 atom stereocenters. The van der Waals surface area contributed by atoms with Gasteiger partial charge >= 0.3 is 0 Å². The molecule has 2 aromatic carbocycles. The molecule has 1 aliphatic rings. The zero-order chi connectivity index (χ0) is 27.2. The van der Waals surface area contributed by atoms with Crippen LogP contribution >= 0.6 is 0 Å². The standard InChI is InChI=1S/C28H39N3O5S/c1-6-26(28(33)29-23-11-7-8-12-23)30(18-22-10-9-13-25(17-22)36-4)27(32)19-31(37(5,34)35)24-15-14-20(2)21(3)16-24/h9-10,13-17,23,26H,6-8,11-12,18-19H2,1-5H3,(H,29,33). The summed E-state index contributed by atoms with van der Waals surface area (Å²) in [7, 11) is -2.20. The summed E-state index contributed by atoms with van der Waals surface area (Å²) in [6.07, 6.45) is 5.50. The molecule has 0 saturated heterocycles. The highest BCUT2D eigenvalue weighted by Crippen LogP contribution is 2.24. The second-order valence-corrected chi connectivity index (χ2v) is 11.7. The second-order valence-electron chi connectivity index (χ2n) is 9.83. The fourth-order valence-corrected chi connectivity index (χ4v) is 5.59. The first-order chi connectivity index (χ1) is 17.5. The number of nitrogens with zero attached hydrogens (tertiary/aromatic N) is 2. The van der Waals surface area contributed by atoms with Gasteiger partial charge in [-0.1, -0.05) is 38.0 Å². The Bertz CT molecular complexity index is 1210. The predicted molar refractivity (Wildman–Crippen MR) is 146 cm³/mol. The van der Waals surface area contributed by atoms with Crippen molar-refractivity contribution >= 4 is 27.5 Å². The molecule has 202 valence electrons. The Balaban J connectivity index is 1.94. The highest BCUT2D eigenvalue weighted by molar-refractivity contribution is 7.92. The summed E-state index contributed by atoms with van der Waals surface area (Å²) in [4.78, 5) is 28.7. The average molecular weight is 530 g/mol. The zero-order valence-corrected chi connectivity index (χ0v) is 23.3. The van der Waals surface area contributed by atoms with Crippen LogP contribution in [0.25, 0.3) is 0 Å². The lowest BCUT2D eigenvalue weighted by Crippen LogP contribution is -2.53. The van der Waals surface area contributed by atoms with Crippen molar-refractivity contribution in [2.24, 2.45) is 0 Å². The smallest absolute Gasteiger partial charge is 0.244 e. The molecule has 0 radical (unpaired) electrons. The molecule has 2 aromatic rings. The van der Waals surface area contributed by atoms with Crippen molar-refractivity contribution in [2.45, 2.75) is 71.5 Å². The summed E-state index contributed by atoms with van der Waals surface area (Å²) in [5.41, 5.74) is 3.16. The number of amides is 2. The quantitative estimate of drug-likeness (QED) is 0.476. The molecule has 0 heterocycles. The van der Waals surface area contributed by atoms with E-state index in [1.807, 2.05) is 51.1 Å². The molecule has 0 bridgehead atoms. The van der Waals surface area contributed by atoms with Crippen LogP contribution in [0.3, 0.4) is 0 Å². The first kappa shape index (κ1) is 28.5. The first-order valence-electron chi connectivity index (χ1n) is 12.8. The van der Waals surface area contributed by atoms with E-state index in [2.05, 4.69) is 5.32 Å². The maximum absolute atomic E-state index is 13.8. The monoisotopic (exact) mass is 529 g/mol. The van der Waals surface area contributed by atoms with Gasteiger partial charge in [-0.3, -0.25) is 13.9 Å². The van der Waals surface area contributed by atoms with Crippen LogP contribution < -0.4 is 14.4 Å². The molecule has 1 fully saturated rings. The van der Waals surface area contributed by atoms with Crippen molar-refractivity contribution in [1.82, 2.24) is 10.2 Å². The van der Waals surface area contributed by atoms with Gasteiger partial charge in [-0.25, -0.2) is 8.42 Å². The Morgan fingerprint density at radius 1 is 1.08 bits per heavy atom. The van der Waals surface area contributed by atoms with Gasteiger partial charge in [-0.15, -0.1) is 0 Å². The highest BCUT2D eigenvalue weighted by Gasteiger charge is 2.33. The van der Waals surface area contributed by atoms with Crippen molar-refractivity contribution in [3.05, 3.63) is 59.2 Å². The van der Waals surface area contributed by atoms with E-state index in [4.69, 9.17) is 4.74 Å². The summed E-state index contributed by atoms with van der Waals surface area (Å²) in [5, 5.41) is 3.11. The summed E-state index contributed by atoms with van der Waals surface area (Å²) in [6, 6.07) is 12.0. The predicted octanol–water partition coefficient (Wildman–Crippen LogP) is 3.94. The van der Waals surface area contributed by atoms with Gasteiger partial charge in [0.15, 0.2) is 0 Å². The Morgan fingerprint density at radius 2 is 1.78 bits per heavy atom. The molecule has 1 N–H and O–H groups in total. The SMILES string of the molecule is CCC(C(=O)NC1CCCC1)N(Cc1cccc(OC)c1)C(=O)CN(c1ccc(C)c(C)c1)S(C)(=O)=O. The molecular weight excluding hydrogens is 490 g/mol. The minimum Gasteiger partial charge on any atom is -0.497 e. The third-order valence-corrected chi connectivity index (χ3v) is 8.17. The number of rotatable bonds is 11. The van der Waals surface area contributed by atoms with Gasteiger partial charge in [0.25, 0.3) is 0 Å². The Hall–Kier alpha value is -3.07. The lowest BCUT2D eigenvalue weighted by molar-refractivity contribution is -0.140. The van der Waals surface area contributed by atoms with E-state index < -0.39 is 28.5 Å². The lowest BCUT2D eigenvalue weighted by atomic mass is 10.1. The zero-order valence-electron chi connectivity index (χ0n) is 22.5. The van der Waals surface area contributed by atoms with E-state index >= 15 is 0 Å². The molecule has 37 heavy (non-hydrogen) atoms. The normalized spacial score (nSPS) is 14.7. The van der Waals surface area contributed by atoms with E-state index in [0.29, 0.717) is 17.9 Å². The number of benzene rings is 2. The summed E-state index contributed by atoms with van der Waals surface area (Å²) in [5.74, 6) is -0.0103. The van der Waals surface area contributed by atoms with Crippen LogP contribution in [-0.2, 0) is 26.2 Å². The number of carbonyl (C=O) groups is 2. The summed E-state index contributed by atoms with van der Waals surface area (Å²) < 4.78 is 32.0. The van der Waals surface area contributed by atoms with E-state index in [1.165, 1.54) is 4.90 Å². The van der Waals surface area contributed by atoms with E-state index in [9.17, 15) is 18.0 Å². The largest absolute Gasteiger partial charge is 0.497 e. The molecule has 0 spiro atoms. The van der Waals surface area contributed by atoms with E-state index in [1.54, 1.807) is 19.2 Å². The number of hydrogen-bond acceptors (Lipinski definition) is 5. The maximum Gasteiger partial charge on any atom is 0.244 e. The molecular formula is C28H39N3O5S. The number of aryl methyl sites for hydroxylation is 2. The summed E-state index contributed by atoms with van der Waals surface area (Å²) >= 11 is 0. The van der Waals surface area contributed by atoms with E-state index in [0.717, 1.165) is 52.9 Å². The second kappa shape index (κ2) is 12.4. The number of carbonyl (C=O) groups excluding carboxylic acids is 2. The lowest BCUT2D eigenvalue weighted by Gasteiger charge is -2.33. The number of hydrogen-bond donors (Lipinski definition) is 1. The molecule has 1 saturated carbocycles. The fraction of sp³-hybridized carbons (Fsp3) is 0.500. The van der Waals surface area contributed by atoms with Crippen LogP contribution in [0.15, 0.2) is 42.5 Å². The number of methoxy groups -OCH3 is 1. The number of nitrogens with one attached hydrogen (secondary N) is 1. The van der Waals surface area contributed by atoms with Crippen molar-refractivity contribution in [3.8, 4) is 5.75 Å². The van der Waals surface area contributed by atoms with Gasteiger partial charge in [-0.2, -0.15) is 0 Å². The highest BCUT2D eigenvalue weighted by atomic mass is 32.2. The van der Waals surface area contributed by atoms with Gasteiger partial charge in [0, 0.05) is 12.6 Å². The van der Waals surface area contributed by atoms with Crippen molar-refractivity contribution in [2.75, 3.05) is 24.2 Å². The van der Waals surface area contributed by atoms with Gasteiger partial charge < -0.3 is 15.0 Å². The number of anilines is 1. The number of sulfonamides is 1.